The van der Waals surface area contributed by atoms with Gasteiger partial charge in [0.15, 0.2) is 0 Å². The molecule has 0 atom stereocenters. The Morgan fingerprint density at radius 3 is 2.36 bits per heavy atom. The van der Waals surface area contributed by atoms with Crippen molar-refractivity contribution < 1.29 is 22.7 Å². The van der Waals surface area contributed by atoms with Gasteiger partial charge in [0.2, 0.25) is 10.0 Å². The van der Waals surface area contributed by atoms with Crippen LogP contribution in [-0.2, 0) is 21.4 Å². The SMILES string of the molecule is O=C([O-])CCCN(Cc1ccccc1F)S(=O)(=O)c1ccc(Br)cc1. The van der Waals surface area contributed by atoms with Crippen molar-refractivity contribution in [2.45, 2.75) is 24.3 Å². The van der Waals surface area contributed by atoms with Gasteiger partial charge in [0.05, 0.1) is 4.90 Å². The summed E-state index contributed by atoms with van der Waals surface area (Å²) in [7, 11) is -3.90. The molecule has 134 valence electrons. The van der Waals surface area contributed by atoms with E-state index in [1.54, 1.807) is 18.2 Å². The van der Waals surface area contributed by atoms with Crippen molar-refractivity contribution in [3.05, 3.63) is 64.4 Å². The van der Waals surface area contributed by atoms with E-state index in [4.69, 9.17) is 0 Å². The highest BCUT2D eigenvalue weighted by molar-refractivity contribution is 9.10. The Morgan fingerprint density at radius 2 is 1.76 bits per heavy atom. The molecule has 2 rings (SSSR count). The van der Waals surface area contributed by atoms with E-state index in [1.165, 1.54) is 30.3 Å². The first-order valence-corrected chi connectivity index (χ1v) is 9.73. The van der Waals surface area contributed by atoms with Crippen LogP contribution in [0.5, 0.6) is 0 Å². The Morgan fingerprint density at radius 1 is 1.12 bits per heavy atom. The fourth-order valence-electron chi connectivity index (χ4n) is 2.26. The van der Waals surface area contributed by atoms with Crippen molar-refractivity contribution in [2.75, 3.05) is 6.54 Å². The van der Waals surface area contributed by atoms with Gasteiger partial charge in [-0.1, -0.05) is 34.1 Å². The number of carbonyl (C=O) groups is 1. The van der Waals surface area contributed by atoms with Crippen LogP contribution < -0.4 is 5.11 Å². The predicted molar refractivity (Wildman–Crippen MR) is 92.4 cm³/mol. The summed E-state index contributed by atoms with van der Waals surface area (Å²) >= 11 is 3.24. The molecule has 0 saturated carbocycles. The maximum absolute atomic E-state index is 13.9. The molecule has 0 aliphatic heterocycles. The number of aliphatic carboxylic acids is 1. The molecule has 0 aromatic heterocycles. The van der Waals surface area contributed by atoms with Crippen LogP contribution >= 0.6 is 15.9 Å². The van der Waals surface area contributed by atoms with Gasteiger partial charge in [0.1, 0.15) is 5.82 Å². The maximum Gasteiger partial charge on any atom is 0.243 e. The molecule has 2 aromatic carbocycles. The normalized spacial score (nSPS) is 11.6. The molecule has 0 aliphatic rings. The molecule has 0 spiro atoms. The number of hydrogen-bond acceptors (Lipinski definition) is 4. The summed E-state index contributed by atoms with van der Waals surface area (Å²) in [5.74, 6) is -1.77. The van der Waals surface area contributed by atoms with Crippen LogP contribution in [0.25, 0.3) is 0 Å². The van der Waals surface area contributed by atoms with Crippen molar-refractivity contribution in [1.82, 2.24) is 4.31 Å². The van der Waals surface area contributed by atoms with Gasteiger partial charge < -0.3 is 9.90 Å². The molecular formula is C17H16BrFNO4S-. The number of benzene rings is 2. The lowest BCUT2D eigenvalue weighted by atomic mass is 10.2. The first-order chi connectivity index (χ1) is 11.8. The van der Waals surface area contributed by atoms with Crippen molar-refractivity contribution in [1.29, 1.82) is 0 Å². The molecule has 0 radical (unpaired) electrons. The van der Waals surface area contributed by atoms with E-state index in [9.17, 15) is 22.7 Å². The summed E-state index contributed by atoms with van der Waals surface area (Å²) in [6.07, 6.45) is -0.198. The fourth-order valence-corrected chi connectivity index (χ4v) is 3.98. The van der Waals surface area contributed by atoms with Crippen LogP contribution in [0, 0.1) is 5.82 Å². The first kappa shape index (κ1) is 19.6. The van der Waals surface area contributed by atoms with Crippen molar-refractivity contribution in [3.8, 4) is 0 Å². The van der Waals surface area contributed by atoms with E-state index in [-0.39, 0.29) is 36.4 Å². The second-order valence-electron chi connectivity index (χ2n) is 5.36. The lowest BCUT2D eigenvalue weighted by molar-refractivity contribution is -0.305. The van der Waals surface area contributed by atoms with Gasteiger partial charge in [-0.05, 0) is 43.2 Å². The van der Waals surface area contributed by atoms with Crippen LogP contribution in [0.15, 0.2) is 57.9 Å². The average Bonchev–Trinajstić information content (AvgIpc) is 2.55. The number of nitrogens with zero attached hydrogens (tertiary/aromatic N) is 1. The Bertz CT molecular complexity index is 840. The highest BCUT2D eigenvalue weighted by atomic mass is 79.9. The zero-order valence-corrected chi connectivity index (χ0v) is 15.6. The van der Waals surface area contributed by atoms with E-state index in [1.807, 2.05) is 0 Å². The predicted octanol–water partition coefficient (Wildman–Crippen LogP) is 2.31. The Kier molecular flexibility index (Phi) is 6.69. The van der Waals surface area contributed by atoms with E-state index < -0.39 is 21.8 Å². The van der Waals surface area contributed by atoms with Gasteiger partial charge in [0.25, 0.3) is 0 Å². The molecule has 0 aliphatic carbocycles. The number of carboxylic acid groups (broad SMARTS) is 1. The van der Waals surface area contributed by atoms with Gasteiger partial charge in [-0.15, -0.1) is 0 Å². The molecule has 25 heavy (non-hydrogen) atoms. The lowest BCUT2D eigenvalue weighted by Crippen LogP contribution is -2.33. The number of halogens is 2. The van der Waals surface area contributed by atoms with Gasteiger partial charge >= 0.3 is 0 Å². The first-order valence-electron chi connectivity index (χ1n) is 7.49. The molecular weight excluding hydrogens is 413 g/mol. The van der Waals surface area contributed by atoms with Crippen molar-refractivity contribution in [3.63, 3.8) is 0 Å². The van der Waals surface area contributed by atoms with Crippen LogP contribution in [0.4, 0.5) is 4.39 Å². The monoisotopic (exact) mass is 428 g/mol. The highest BCUT2D eigenvalue weighted by Crippen LogP contribution is 2.22. The molecule has 0 N–H and O–H groups in total. The second kappa shape index (κ2) is 8.55. The quantitative estimate of drug-likeness (QED) is 0.646. The zero-order valence-electron chi connectivity index (χ0n) is 13.2. The Balaban J connectivity index is 2.30. The van der Waals surface area contributed by atoms with Crippen molar-refractivity contribution in [2.24, 2.45) is 0 Å². The maximum atomic E-state index is 13.9. The molecule has 5 nitrogen and oxygen atoms in total. The number of hydrogen-bond donors (Lipinski definition) is 0. The second-order valence-corrected chi connectivity index (χ2v) is 8.21. The molecule has 0 heterocycles. The minimum Gasteiger partial charge on any atom is -0.550 e. The summed E-state index contributed by atoms with van der Waals surface area (Å²) in [5, 5.41) is 10.6. The van der Waals surface area contributed by atoms with Crippen LogP contribution in [-0.4, -0.2) is 25.2 Å². The summed E-state index contributed by atoms with van der Waals surface area (Å²) in [4.78, 5) is 10.7. The minimum absolute atomic E-state index is 0.0548. The number of carbonyl (C=O) groups excluding carboxylic acids is 1. The zero-order chi connectivity index (χ0) is 18.4. The molecule has 0 fully saturated rings. The minimum atomic E-state index is -3.90. The molecule has 0 unspecified atom stereocenters. The van der Waals surface area contributed by atoms with Crippen LogP contribution in [0.2, 0.25) is 0 Å². The third-order valence-electron chi connectivity index (χ3n) is 3.54. The molecule has 2 aromatic rings. The third kappa shape index (κ3) is 5.35. The van der Waals surface area contributed by atoms with E-state index >= 15 is 0 Å². The van der Waals surface area contributed by atoms with Gasteiger partial charge in [-0.25, -0.2) is 12.8 Å². The molecule has 8 heteroatoms. The Hall–Kier alpha value is -1.77. The van der Waals surface area contributed by atoms with Crippen LogP contribution in [0.1, 0.15) is 18.4 Å². The number of carboxylic acids is 1. The summed E-state index contributed by atoms with van der Waals surface area (Å²) in [6.45, 7) is -0.237. The topological polar surface area (TPSA) is 77.5 Å². The third-order valence-corrected chi connectivity index (χ3v) is 5.93. The van der Waals surface area contributed by atoms with E-state index in [0.29, 0.717) is 0 Å². The molecule has 0 amide bonds. The smallest absolute Gasteiger partial charge is 0.243 e. The highest BCUT2D eigenvalue weighted by Gasteiger charge is 2.25. The summed E-state index contributed by atoms with van der Waals surface area (Å²) < 4.78 is 41.4. The average molecular weight is 429 g/mol. The summed E-state index contributed by atoms with van der Waals surface area (Å²) in [6, 6.07) is 11.9. The largest absolute Gasteiger partial charge is 0.550 e. The van der Waals surface area contributed by atoms with Gasteiger partial charge in [-0.3, -0.25) is 0 Å². The standard InChI is InChI=1S/C17H17BrFNO4S/c18-14-7-9-15(10-8-14)25(23,24)20(11-3-6-17(21)22)12-13-4-1-2-5-16(13)19/h1-2,4-5,7-10H,3,6,11-12H2,(H,21,22)/p-1. The van der Waals surface area contributed by atoms with Crippen molar-refractivity contribution >= 4 is 31.9 Å². The van der Waals surface area contributed by atoms with Gasteiger partial charge in [0, 0.05) is 29.1 Å². The molecule has 0 saturated heterocycles. The Labute approximate surface area is 154 Å². The lowest BCUT2D eigenvalue weighted by Gasteiger charge is -2.23. The molecule has 0 bridgehead atoms. The fraction of sp³-hybridized carbons (Fsp3) is 0.235. The van der Waals surface area contributed by atoms with Crippen LogP contribution in [0.3, 0.4) is 0 Å². The van der Waals surface area contributed by atoms with E-state index in [2.05, 4.69) is 15.9 Å². The van der Waals surface area contributed by atoms with Gasteiger partial charge in [-0.2, -0.15) is 4.31 Å². The number of sulfonamides is 1. The number of rotatable bonds is 8. The van der Waals surface area contributed by atoms with E-state index in [0.717, 1.165) is 8.78 Å². The summed E-state index contributed by atoms with van der Waals surface area (Å²) in [5.41, 5.74) is 0.219.